The van der Waals surface area contributed by atoms with Crippen LogP contribution in [0.1, 0.15) is 43.4 Å². The number of aromatic hydroxyl groups is 1. The number of anilines is 3. The van der Waals surface area contributed by atoms with Crippen LogP contribution in [-0.4, -0.2) is 48.7 Å². The maximum Gasteiger partial charge on any atom is 0.322 e. The van der Waals surface area contributed by atoms with E-state index < -0.39 is 0 Å². The molecule has 2 aromatic carbocycles. The van der Waals surface area contributed by atoms with E-state index in [-0.39, 0.29) is 17.2 Å². The maximum atomic E-state index is 14.0. The van der Waals surface area contributed by atoms with Gasteiger partial charge in [0.2, 0.25) is 0 Å². The summed E-state index contributed by atoms with van der Waals surface area (Å²) in [6, 6.07) is 18.9. The Balaban J connectivity index is 1.70. The van der Waals surface area contributed by atoms with Gasteiger partial charge >= 0.3 is 6.03 Å². The van der Waals surface area contributed by atoms with Gasteiger partial charge in [-0.15, -0.1) is 0 Å². The Kier molecular flexibility index (Phi) is 7.98. The summed E-state index contributed by atoms with van der Waals surface area (Å²) in [6.07, 6.45) is 7.30. The van der Waals surface area contributed by atoms with Gasteiger partial charge in [-0.1, -0.05) is 43.5 Å². The molecular formula is C29H37N5O2. The average Bonchev–Trinajstić information content (AvgIpc) is 2.90. The summed E-state index contributed by atoms with van der Waals surface area (Å²) < 4.78 is 0. The zero-order valence-corrected chi connectivity index (χ0v) is 21.5. The largest absolute Gasteiger partial charge is 0.508 e. The molecule has 190 valence electrons. The molecule has 0 unspecified atom stereocenters. The number of rotatable bonds is 8. The molecule has 0 aliphatic heterocycles. The van der Waals surface area contributed by atoms with Gasteiger partial charge in [-0.3, -0.25) is 4.98 Å². The number of benzene rings is 2. The van der Waals surface area contributed by atoms with E-state index in [1.54, 1.807) is 12.1 Å². The van der Waals surface area contributed by atoms with E-state index in [2.05, 4.69) is 16.7 Å². The molecule has 7 nitrogen and oxygen atoms in total. The Morgan fingerprint density at radius 2 is 1.75 bits per heavy atom. The number of carbonyl (C=O) groups excluding carboxylic acids is 1. The second-order valence-corrected chi connectivity index (χ2v) is 9.85. The first-order valence-electron chi connectivity index (χ1n) is 12.7. The smallest absolute Gasteiger partial charge is 0.322 e. The standard InChI is InChI=1S/C29H37N5O2/c1-30-24-10-9-11-25(33(2)3)27(24)32-28(36)34(20-22-13-15-23(35)16-14-22)21-29(17-6-4-7-18-29)26-12-5-8-19-31-26/h5,8-16,19,30,35H,4,6-7,17-18,20-21H2,1-3H3,(H,32,36). The van der Waals surface area contributed by atoms with Crippen molar-refractivity contribution in [3.8, 4) is 5.75 Å². The van der Waals surface area contributed by atoms with Crippen molar-refractivity contribution in [3.05, 3.63) is 78.1 Å². The molecular weight excluding hydrogens is 450 g/mol. The number of nitrogens with zero attached hydrogens (tertiary/aromatic N) is 3. The minimum absolute atomic E-state index is 0.158. The molecule has 1 aliphatic rings. The Morgan fingerprint density at radius 1 is 1.00 bits per heavy atom. The number of phenolic OH excluding ortho intramolecular Hbond substituents is 1. The summed E-state index contributed by atoms with van der Waals surface area (Å²) in [6.45, 7) is 0.995. The van der Waals surface area contributed by atoms with Gasteiger partial charge < -0.3 is 25.5 Å². The van der Waals surface area contributed by atoms with Gasteiger partial charge in [0.25, 0.3) is 0 Å². The van der Waals surface area contributed by atoms with Crippen LogP contribution in [0.5, 0.6) is 5.75 Å². The van der Waals surface area contributed by atoms with Crippen LogP contribution in [0.25, 0.3) is 0 Å². The van der Waals surface area contributed by atoms with Gasteiger partial charge in [0.05, 0.1) is 17.1 Å². The van der Waals surface area contributed by atoms with Gasteiger partial charge in [-0.2, -0.15) is 0 Å². The summed E-state index contributed by atoms with van der Waals surface area (Å²) in [5, 5.41) is 16.2. The number of urea groups is 1. The zero-order chi connectivity index (χ0) is 25.5. The molecule has 1 saturated carbocycles. The predicted octanol–water partition coefficient (Wildman–Crippen LogP) is 5.83. The van der Waals surface area contributed by atoms with Gasteiger partial charge in [0, 0.05) is 51.5 Å². The highest BCUT2D eigenvalue weighted by Crippen LogP contribution is 2.40. The molecule has 1 aliphatic carbocycles. The fourth-order valence-electron chi connectivity index (χ4n) is 5.23. The van der Waals surface area contributed by atoms with Crippen LogP contribution in [0.3, 0.4) is 0 Å². The lowest BCUT2D eigenvalue weighted by Gasteiger charge is -2.41. The Hall–Kier alpha value is -3.74. The lowest BCUT2D eigenvalue weighted by atomic mass is 9.71. The molecule has 1 aromatic heterocycles. The van der Waals surface area contributed by atoms with E-state index in [1.807, 2.05) is 79.6 Å². The molecule has 1 fully saturated rings. The molecule has 3 N–H and O–H groups in total. The molecule has 0 spiro atoms. The summed E-state index contributed by atoms with van der Waals surface area (Å²) in [7, 11) is 5.80. The fourth-order valence-corrected chi connectivity index (χ4v) is 5.23. The van der Waals surface area contributed by atoms with Crippen molar-refractivity contribution in [1.82, 2.24) is 9.88 Å². The second kappa shape index (κ2) is 11.3. The van der Waals surface area contributed by atoms with Crippen LogP contribution >= 0.6 is 0 Å². The van der Waals surface area contributed by atoms with Crippen molar-refractivity contribution in [2.24, 2.45) is 0 Å². The maximum absolute atomic E-state index is 14.0. The van der Waals surface area contributed by atoms with Gasteiger partial charge in [-0.25, -0.2) is 4.79 Å². The van der Waals surface area contributed by atoms with Crippen LogP contribution in [-0.2, 0) is 12.0 Å². The number of hydrogen-bond donors (Lipinski definition) is 3. The number of nitrogens with one attached hydrogen (secondary N) is 2. The third kappa shape index (κ3) is 5.73. The topological polar surface area (TPSA) is 80.7 Å². The van der Waals surface area contributed by atoms with Crippen molar-refractivity contribution in [3.63, 3.8) is 0 Å². The average molecular weight is 488 g/mol. The van der Waals surface area contributed by atoms with Crippen LogP contribution < -0.4 is 15.5 Å². The summed E-state index contributed by atoms with van der Waals surface area (Å²) >= 11 is 0. The van der Waals surface area contributed by atoms with Gasteiger partial charge in [0.15, 0.2) is 0 Å². The summed E-state index contributed by atoms with van der Waals surface area (Å²) in [5.41, 5.74) is 4.36. The highest BCUT2D eigenvalue weighted by molar-refractivity contribution is 5.98. The Labute approximate surface area is 214 Å². The van der Waals surface area contributed by atoms with Crippen LogP contribution in [0.2, 0.25) is 0 Å². The molecule has 0 saturated heterocycles. The summed E-state index contributed by atoms with van der Waals surface area (Å²) in [4.78, 5) is 22.6. The van der Waals surface area contributed by atoms with Crippen molar-refractivity contribution < 1.29 is 9.90 Å². The minimum Gasteiger partial charge on any atom is -0.508 e. The molecule has 3 aromatic rings. The first-order chi connectivity index (χ1) is 17.4. The normalized spacial score (nSPS) is 14.6. The molecule has 0 atom stereocenters. The van der Waals surface area contributed by atoms with Crippen LogP contribution in [0.15, 0.2) is 66.9 Å². The van der Waals surface area contributed by atoms with E-state index in [0.29, 0.717) is 13.1 Å². The Morgan fingerprint density at radius 3 is 2.39 bits per heavy atom. The summed E-state index contributed by atoms with van der Waals surface area (Å²) in [5.74, 6) is 0.213. The first kappa shape index (κ1) is 25.4. The highest BCUT2D eigenvalue weighted by Gasteiger charge is 2.38. The third-order valence-electron chi connectivity index (χ3n) is 7.13. The number of hydrogen-bond acceptors (Lipinski definition) is 5. The molecule has 0 radical (unpaired) electrons. The Bertz CT molecular complexity index is 1140. The van der Waals surface area contributed by atoms with E-state index >= 15 is 0 Å². The quantitative estimate of drug-likeness (QED) is 0.372. The molecule has 2 amide bonds. The minimum atomic E-state index is -0.194. The van der Waals surface area contributed by atoms with Crippen LogP contribution in [0, 0.1) is 0 Å². The van der Waals surface area contributed by atoms with Crippen LogP contribution in [0.4, 0.5) is 21.9 Å². The molecule has 4 rings (SSSR count). The van der Waals surface area contributed by atoms with E-state index in [4.69, 9.17) is 4.98 Å². The number of para-hydroxylation sites is 1. The predicted molar refractivity (Wildman–Crippen MR) is 147 cm³/mol. The monoisotopic (exact) mass is 487 g/mol. The van der Waals surface area contributed by atoms with E-state index in [9.17, 15) is 9.90 Å². The second-order valence-electron chi connectivity index (χ2n) is 9.85. The highest BCUT2D eigenvalue weighted by atomic mass is 16.3. The number of phenols is 1. The van der Waals surface area contributed by atoms with Crippen molar-refractivity contribution >= 4 is 23.1 Å². The van der Waals surface area contributed by atoms with Crippen molar-refractivity contribution in [2.75, 3.05) is 43.2 Å². The first-order valence-corrected chi connectivity index (χ1v) is 12.7. The van der Waals surface area contributed by atoms with Crippen molar-refractivity contribution in [1.29, 1.82) is 0 Å². The number of amides is 2. The molecule has 36 heavy (non-hydrogen) atoms. The molecule has 1 heterocycles. The lowest BCUT2D eigenvalue weighted by Crippen LogP contribution is -2.46. The van der Waals surface area contributed by atoms with Gasteiger partial charge in [0.1, 0.15) is 5.75 Å². The lowest BCUT2D eigenvalue weighted by molar-refractivity contribution is 0.167. The van der Waals surface area contributed by atoms with E-state index in [1.165, 1.54) is 6.42 Å². The number of aromatic nitrogens is 1. The third-order valence-corrected chi connectivity index (χ3v) is 7.13. The zero-order valence-electron chi connectivity index (χ0n) is 21.5. The van der Waals surface area contributed by atoms with Gasteiger partial charge in [-0.05, 0) is 54.8 Å². The molecule has 0 bridgehead atoms. The number of pyridine rings is 1. The SMILES string of the molecule is CNc1cccc(N(C)C)c1NC(=O)N(Cc1ccc(O)cc1)CC1(c2ccccn2)CCCCC1. The van der Waals surface area contributed by atoms with E-state index in [0.717, 1.165) is 54.0 Å². The molecule has 7 heteroatoms. The number of carbonyl (C=O) groups is 1. The fraction of sp³-hybridized carbons (Fsp3) is 0.379. The van der Waals surface area contributed by atoms with Crippen molar-refractivity contribution in [2.45, 2.75) is 44.1 Å².